The number of carbonyl (C=O) groups excluding carboxylic acids is 1. The molecule has 0 saturated carbocycles. The molecule has 3 aromatic rings. The van der Waals surface area contributed by atoms with E-state index in [9.17, 15) is 9.90 Å². The number of ketones is 1. The molecule has 0 aliphatic heterocycles. The molecule has 1 heterocycles. The van der Waals surface area contributed by atoms with Crippen molar-refractivity contribution >= 4 is 17.5 Å². The fraction of sp³-hybridized carbons (Fsp3) is 0.290. The number of pyridine rings is 1. The number of thioether (sulfide) groups is 1. The number of ether oxygens (including phenoxy) is 3. The van der Waals surface area contributed by atoms with Gasteiger partial charge in [-0.2, -0.15) is 0 Å². The van der Waals surface area contributed by atoms with Gasteiger partial charge in [0.15, 0.2) is 17.3 Å². The Morgan fingerprint density at radius 3 is 2.47 bits per heavy atom. The second kappa shape index (κ2) is 13.3. The number of nitrogens with zero attached hydrogens (tertiary/aromatic N) is 1. The molecule has 1 aromatic heterocycles. The third-order valence-corrected chi connectivity index (χ3v) is 7.41. The average molecular weight is 532 g/mol. The van der Waals surface area contributed by atoms with Gasteiger partial charge in [-0.1, -0.05) is 42.1 Å². The number of allylic oxidation sites excluding steroid dienone is 2. The van der Waals surface area contributed by atoms with E-state index >= 15 is 0 Å². The fourth-order valence-corrected chi connectivity index (χ4v) is 5.37. The van der Waals surface area contributed by atoms with Gasteiger partial charge in [-0.3, -0.25) is 9.78 Å². The van der Waals surface area contributed by atoms with E-state index in [0.29, 0.717) is 54.3 Å². The van der Waals surface area contributed by atoms with Crippen LogP contribution in [-0.4, -0.2) is 42.3 Å². The summed E-state index contributed by atoms with van der Waals surface area (Å²) in [6.45, 7) is 0.550. The molecule has 38 heavy (non-hydrogen) atoms. The topological polar surface area (TPSA) is 77.9 Å². The number of carbonyl (C=O) groups is 1. The third-order valence-electron chi connectivity index (χ3n) is 6.38. The van der Waals surface area contributed by atoms with E-state index in [-0.39, 0.29) is 5.78 Å². The Morgan fingerprint density at radius 2 is 1.74 bits per heavy atom. The fourth-order valence-electron chi connectivity index (χ4n) is 4.40. The molecule has 0 bridgehead atoms. The van der Waals surface area contributed by atoms with Crippen LogP contribution in [0.15, 0.2) is 101 Å². The lowest BCUT2D eigenvalue weighted by molar-refractivity contribution is -0.112. The van der Waals surface area contributed by atoms with Gasteiger partial charge < -0.3 is 19.3 Å². The van der Waals surface area contributed by atoms with Crippen molar-refractivity contribution < 1.29 is 24.1 Å². The summed E-state index contributed by atoms with van der Waals surface area (Å²) in [4.78, 5) is 18.9. The van der Waals surface area contributed by atoms with Crippen LogP contribution in [0.2, 0.25) is 0 Å². The molecule has 198 valence electrons. The highest BCUT2D eigenvalue weighted by molar-refractivity contribution is 8.04. The van der Waals surface area contributed by atoms with E-state index in [4.69, 9.17) is 14.2 Å². The first-order chi connectivity index (χ1) is 18.5. The Labute approximate surface area is 228 Å². The van der Waals surface area contributed by atoms with Gasteiger partial charge in [0.2, 0.25) is 0 Å². The SMILES string of the molecule is COc1ccc(CC/C=C2\C(=O)C(Sc3ccncc3)=CC2(O)CCCCOc2ccccc2)cc1OC. The zero-order valence-electron chi connectivity index (χ0n) is 21.8. The Kier molecular flexibility index (Phi) is 9.62. The molecule has 1 atom stereocenters. The molecule has 0 spiro atoms. The number of rotatable bonds is 13. The largest absolute Gasteiger partial charge is 0.494 e. The molecule has 7 heteroatoms. The van der Waals surface area contributed by atoms with Gasteiger partial charge in [0.25, 0.3) is 0 Å². The van der Waals surface area contributed by atoms with E-state index in [1.54, 1.807) is 32.7 Å². The summed E-state index contributed by atoms with van der Waals surface area (Å²) in [5.74, 6) is 2.05. The second-order valence-corrected chi connectivity index (χ2v) is 10.1. The number of aromatic nitrogens is 1. The maximum Gasteiger partial charge on any atom is 0.198 e. The molecule has 0 fully saturated rings. The molecule has 0 radical (unpaired) electrons. The molecule has 1 unspecified atom stereocenters. The van der Waals surface area contributed by atoms with Gasteiger partial charge in [0.1, 0.15) is 11.4 Å². The van der Waals surface area contributed by atoms with Crippen molar-refractivity contribution in [2.75, 3.05) is 20.8 Å². The summed E-state index contributed by atoms with van der Waals surface area (Å²) in [6, 6.07) is 19.2. The maximum absolute atomic E-state index is 13.4. The Balaban J connectivity index is 1.44. The molecule has 1 aliphatic rings. The predicted octanol–water partition coefficient (Wildman–Crippen LogP) is 6.20. The molecular weight excluding hydrogens is 498 g/mol. The number of aryl methyl sites for hydroxylation is 1. The summed E-state index contributed by atoms with van der Waals surface area (Å²) in [5, 5.41) is 11.7. The predicted molar refractivity (Wildman–Crippen MR) is 150 cm³/mol. The number of aliphatic hydroxyl groups is 1. The number of para-hydroxylation sites is 1. The second-order valence-electron chi connectivity index (χ2n) is 9.01. The summed E-state index contributed by atoms with van der Waals surface area (Å²) in [7, 11) is 3.22. The van der Waals surface area contributed by atoms with Crippen LogP contribution in [0.3, 0.4) is 0 Å². The molecule has 0 amide bonds. The summed E-state index contributed by atoms with van der Waals surface area (Å²) in [5.41, 5.74) is 0.195. The molecule has 1 aliphatic carbocycles. The highest BCUT2D eigenvalue weighted by Gasteiger charge is 2.41. The Morgan fingerprint density at radius 1 is 0.974 bits per heavy atom. The number of benzene rings is 2. The van der Waals surface area contributed by atoms with Crippen LogP contribution in [0.25, 0.3) is 0 Å². The minimum absolute atomic E-state index is 0.123. The van der Waals surface area contributed by atoms with Crippen LogP contribution in [0.5, 0.6) is 17.2 Å². The number of unbranched alkanes of at least 4 members (excludes halogenated alkanes) is 1. The first-order valence-electron chi connectivity index (χ1n) is 12.7. The quantitative estimate of drug-likeness (QED) is 0.208. The number of hydrogen-bond donors (Lipinski definition) is 1. The minimum atomic E-state index is -1.31. The lowest BCUT2D eigenvalue weighted by Crippen LogP contribution is -2.28. The lowest BCUT2D eigenvalue weighted by atomic mass is 9.89. The van der Waals surface area contributed by atoms with E-state index in [1.807, 2.05) is 66.7 Å². The van der Waals surface area contributed by atoms with Crippen LogP contribution in [0.1, 0.15) is 31.2 Å². The van der Waals surface area contributed by atoms with Crippen molar-refractivity contribution in [1.82, 2.24) is 4.98 Å². The molecule has 4 rings (SSSR count). The van der Waals surface area contributed by atoms with Crippen molar-refractivity contribution in [2.24, 2.45) is 0 Å². The molecule has 0 saturated heterocycles. The maximum atomic E-state index is 13.4. The monoisotopic (exact) mass is 531 g/mol. The van der Waals surface area contributed by atoms with Gasteiger partial charge in [0.05, 0.1) is 25.7 Å². The van der Waals surface area contributed by atoms with Crippen LogP contribution >= 0.6 is 11.8 Å². The van der Waals surface area contributed by atoms with Gasteiger partial charge in [-0.05, 0) is 80.1 Å². The van der Waals surface area contributed by atoms with E-state index in [0.717, 1.165) is 22.6 Å². The van der Waals surface area contributed by atoms with Crippen LogP contribution in [0.4, 0.5) is 0 Å². The van der Waals surface area contributed by atoms with Crippen molar-refractivity contribution in [3.05, 3.63) is 101 Å². The highest BCUT2D eigenvalue weighted by Crippen LogP contribution is 2.42. The molecule has 6 nitrogen and oxygen atoms in total. The van der Waals surface area contributed by atoms with Crippen molar-refractivity contribution in [1.29, 1.82) is 0 Å². The smallest absolute Gasteiger partial charge is 0.198 e. The first kappa shape index (κ1) is 27.5. The van der Waals surface area contributed by atoms with Crippen molar-refractivity contribution in [3.63, 3.8) is 0 Å². The zero-order valence-corrected chi connectivity index (χ0v) is 22.6. The Hall–Kier alpha value is -3.55. The standard InChI is InChI=1S/C31H33NO5S/c1-35-27-14-13-23(21-28(27)36-2)9-8-12-26-30(33)29(38-25-15-18-32-19-16-25)22-31(26,34)17-6-7-20-37-24-10-4-3-5-11-24/h3-5,10-16,18-19,21-22,34H,6-9,17,20H2,1-2H3/b26-12+. The number of Topliss-reactive ketones (excluding diaryl/α,β-unsaturated/α-hetero) is 1. The first-order valence-corrected chi connectivity index (χ1v) is 13.5. The van der Waals surface area contributed by atoms with E-state index in [2.05, 4.69) is 4.98 Å². The van der Waals surface area contributed by atoms with Gasteiger partial charge in [-0.15, -0.1) is 0 Å². The average Bonchev–Trinajstić information content (AvgIpc) is 3.18. The van der Waals surface area contributed by atoms with Crippen LogP contribution in [0, 0.1) is 0 Å². The van der Waals surface area contributed by atoms with E-state index < -0.39 is 5.60 Å². The minimum Gasteiger partial charge on any atom is -0.494 e. The third kappa shape index (κ3) is 7.05. The van der Waals surface area contributed by atoms with Gasteiger partial charge in [-0.25, -0.2) is 0 Å². The number of methoxy groups -OCH3 is 2. The number of hydrogen-bond acceptors (Lipinski definition) is 7. The summed E-state index contributed by atoms with van der Waals surface area (Å²) < 4.78 is 16.5. The summed E-state index contributed by atoms with van der Waals surface area (Å²) in [6.07, 6.45) is 10.2. The lowest BCUT2D eigenvalue weighted by Gasteiger charge is -2.22. The molecule has 1 N–H and O–H groups in total. The van der Waals surface area contributed by atoms with Crippen molar-refractivity contribution in [3.8, 4) is 17.2 Å². The van der Waals surface area contributed by atoms with Gasteiger partial charge in [0, 0.05) is 22.9 Å². The van der Waals surface area contributed by atoms with Crippen LogP contribution < -0.4 is 14.2 Å². The molecular formula is C31H33NO5S. The van der Waals surface area contributed by atoms with E-state index in [1.165, 1.54) is 11.8 Å². The Bertz CT molecular complexity index is 1280. The van der Waals surface area contributed by atoms with Crippen molar-refractivity contribution in [2.45, 2.75) is 42.6 Å². The van der Waals surface area contributed by atoms with Gasteiger partial charge >= 0.3 is 0 Å². The molecule has 2 aromatic carbocycles. The van der Waals surface area contributed by atoms with Crippen LogP contribution in [-0.2, 0) is 11.2 Å². The zero-order chi connectivity index (χ0) is 26.8. The summed E-state index contributed by atoms with van der Waals surface area (Å²) >= 11 is 1.36. The normalized spacial score (nSPS) is 17.9. The highest BCUT2D eigenvalue weighted by atomic mass is 32.2.